The first-order valence-electron chi connectivity index (χ1n) is 7.95. The lowest BCUT2D eigenvalue weighted by molar-refractivity contribution is -0.149. The zero-order chi connectivity index (χ0) is 17.7. The van der Waals surface area contributed by atoms with Crippen molar-refractivity contribution in [1.29, 1.82) is 0 Å². The fourth-order valence-electron chi connectivity index (χ4n) is 2.96. The van der Waals surface area contributed by atoms with Crippen molar-refractivity contribution in [3.63, 3.8) is 0 Å². The number of carboxylic acid groups (broad SMARTS) is 1. The number of rotatable bonds is 6. The van der Waals surface area contributed by atoms with Crippen molar-refractivity contribution in [2.45, 2.75) is 32.2 Å². The number of primary amides is 1. The standard InChI is InChI=1S/C17H22N2O5/c1-11-14(17(22)23)6-3-8-19(11)15(20)7-9-24-13-5-2-4-12(10-13)16(18)21/h2,4-5,10-11,14H,3,6-9H2,1H3,(H2,18,21)(H,22,23)/t11-,14-/m1/s1. The molecule has 24 heavy (non-hydrogen) atoms. The molecule has 0 unspecified atom stereocenters. The van der Waals surface area contributed by atoms with E-state index in [1.165, 1.54) is 6.07 Å². The number of hydrogen-bond acceptors (Lipinski definition) is 4. The molecule has 1 aliphatic heterocycles. The fourth-order valence-corrected chi connectivity index (χ4v) is 2.96. The lowest BCUT2D eigenvalue weighted by Gasteiger charge is -2.37. The van der Waals surface area contributed by atoms with Crippen LogP contribution in [0, 0.1) is 5.92 Å². The Morgan fingerprint density at radius 2 is 2.12 bits per heavy atom. The molecule has 3 N–H and O–H groups in total. The van der Waals surface area contributed by atoms with Crippen LogP contribution in [0.2, 0.25) is 0 Å². The molecule has 0 spiro atoms. The number of hydrogen-bond donors (Lipinski definition) is 2. The molecule has 130 valence electrons. The van der Waals surface area contributed by atoms with E-state index in [1.54, 1.807) is 30.0 Å². The van der Waals surface area contributed by atoms with Gasteiger partial charge in [0.2, 0.25) is 11.8 Å². The highest BCUT2D eigenvalue weighted by molar-refractivity contribution is 5.93. The van der Waals surface area contributed by atoms with Crippen molar-refractivity contribution in [3.05, 3.63) is 29.8 Å². The molecule has 2 rings (SSSR count). The van der Waals surface area contributed by atoms with Gasteiger partial charge in [-0.15, -0.1) is 0 Å². The quantitative estimate of drug-likeness (QED) is 0.814. The molecule has 1 aromatic rings. The van der Waals surface area contributed by atoms with Gasteiger partial charge in [0.15, 0.2) is 0 Å². The maximum atomic E-state index is 12.3. The number of carbonyl (C=O) groups excluding carboxylic acids is 2. The van der Waals surface area contributed by atoms with Crippen LogP contribution in [0.4, 0.5) is 0 Å². The molecule has 0 saturated carbocycles. The molecule has 1 aliphatic rings. The van der Waals surface area contributed by atoms with Gasteiger partial charge in [-0.1, -0.05) is 6.07 Å². The number of likely N-dealkylation sites (tertiary alicyclic amines) is 1. The summed E-state index contributed by atoms with van der Waals surface area (Å²) in [5.41, 5.74) is 5.55. The molecular weight excluding hydrogens is 312 g/mol. The van der Waals surface area contributed by atoms with Crippen molar-refractivity contribution in [2.24, 2.45) is 11.7 Å². The summed E-state index contributed by atoms with van der Waals surface area (Å²) in [4.78, 5) is 36.3. The van der Waals surface area contributed by atoms with E-state index >= 15 is 0 Å². The van der Waals surface area contributed by atoms with Crippen LogP contribution in [-0.4, -0.2) is 47.0 Å². The summed E-state index contributed by atoms with van der Waals surface area (Å²) in [6.45, 7) is 2.50. The second kappa shape index (κ2) is 7.81. The largest absolute Gasteiger partial charge is 0.493 e. The molecule has 1 saturated heterocycles. The molecule has 0 aromatic heterocycles. The van der Waals surface area contributed by atoms with Gasteiger partial charge in [-0.3, -0.25) is 14.4 Å². The molecule has 2 atom stereocenters. The highest BCUT2D eigenvalue weighted by Crippen LogP contribution is 2.24. The molecule has 0 bridgehead atoms. The minimum Gasteiger partial charge on any atom is -0.493 e. The highest BCUT2D eigenvalue weighted by atomic mass is 16.5. The number of benzene rings is 1. The van der Waals surface area contributed by atoms with E-state index in [9.17, 15) is 19.5 Å². The predicted molar refractivity (Wildman–Crippen MR) is 86.6 cm³/mol. The summed E-state index contributed by atoms with van der Waals surface area (Å²) < 4.78 is 5.50. The Morgan fingerprint density at radius 1 is 1.38 bits per heavy atom. The monoisotopic (exact) mass is 334 g/mol. The summed E-state index contributed by atoms with van der Waals surface area (Å²) >= 11 is 0. The molecule has 2 amide bonds. The smallest absolute Gasteiger partial charge is 0.308 e. The minimum atomic E-state index is -0.862. The number of carboxylic acids is 1. The van der Waals surface area contributed by atoms with Crippen LogP contribution < -0.4 is 10.5 Å². The van der Waals surface area contributed by atoms with Crippen LogP contribution in [0.5, 0.6) is 5.75 Å². The van der Waals surface area contributed by atoms with Gasteiger partial charge in [0, 0.05) is 18.2 Å². The van der Waals surface area contributed by atoms with Crippen LogP contribution in [-0.2, 0) is 9.59 Å². The first-order chi connectivity index (χ1) is 11.4. The lowest BCUT2D eigenvalue weighted by Crippen LogP contribution is -2.49. The molecule has 1 fully saturated rings. The maximum absolute atomic E-state index is 12.3. The van der Waals surface area contributed by atoms with Crippen molar-refractivity contribution in [2.75, 3.05) is 13.2 Å². The van der Waals surface area contributed by atoms with E-state index < -0.39 is 17.8 Å². The highest BCUT2D eigenvalue weighted by Gasteiger charge is 2.34. The summed E-state index contributed by atoms with van der Waals surface area (Å²) in [5.74, 6) is -1.58. The van der Waals surface area contributed by atoms with Crippen LogP contribution in [0.1, 0.15) is 36.5 Å². The zero-order valence-corrected chi connectivity index (χ0v) is 13.6. The Kier molecular flexibility index (Phi) is 5.78. The number of aliphatic carboxylic acids is 1. The second-order valence-electron chi connectivity index (χ2n) is 5.91. The van der Waals surface area contributed by atoms with Gasteiger partial charge in [-0.05, 0) is 38.0 Å². The number of carbonyl (C=O) groups is 3. The molecule has 0 radical (unpaired) electrons. The number of piperidine rings is 1. The Bertz CT molecular complexity index is 631. The van der Waals surface area contributed by atoms with E-state index in [4.69, 9.17) is 10.5 Å². The third kappa shape index (κ3) is 4.24. The first-order valence-corrected chi connectivity index (χ1v) is 7.95. The van der Waals surface area contributed by atoms with Crippen molar-refractivity contribution in [3.8, 4) is 5.75 Å². The Hall–Kier alpha value is -2.57. The summed E-state index contributed by atoms with van der Waals surface area (Å²) in [6, 6.07) is 6.13. The SMILES string of the molecule is C[C@@H]1[C@H](C(=O)O)CCCN1C(=O)CCOc1cccc(C(N)=O)c1. The van der Waals surface area contributed by atoms with E-state index in [0.717, 1.165) is 0 Å². The van der Waals surface area contributed by atoms with Crippen molar-refractivity contribution >= 4 is 17.8 Å². The molecule has 1 heterocycles. The molecule has 7 nitrogen and oxygen atoms in total. The number of ether oxygens (including phenoxy) is 1. The summed E-state index contributed by atoms with van der Waals surface area (Å²) in [5, 5.41) is 9.20. The van der Waals surface area contributed by atoms with Gasteiger partial charge in [0.1, 0.15) is 5.75 Å². The molecule has 7 heteroatoms. The van der Waals surface area contributed by atoms with Crippen LogP contribution in [0.25, 0.3) is 0 Å². The van der Waals surface area contributed by atoms with Crippen LogP contribution in [0.15, 0.2) is 24.3 Å². The third-order valence-electron chi connectivity index (χ3n) is 4.33. The van der Waals surface area contributed by atoms with E-state index in [2.05, 4.69) is 0 Å². The maximum Gasteiger partial charge on any atom is 0.308 e. The number of nitrogens with two attached hydrogens (primary N) is 1. The Labute approximate surface area is 140 Å². The van der Waals surface area contributed by atoms with Crippen molar-refractivity contribution in [1.82, 2.24) is 4.90 Å². The van der Waals surface area contributed by atoms with E-state index in [0.29, 0.717) is 30.7 Å². The number of nitrogens with zero attached hydrogens (tertiary/aromatic N) is 1. The van der Waals surface area contributed by atoms with E-state index in [1.807, 2.05) is 0 Å². The van der Waals surface area contributed by atoms with Gasteiger partial charge in [-0.2, -0.15) is 0 Å². The van der Waals surface area contributed by atoms with Gasteiger partial charge in [0.05, 0.1) is 18.9 Å². The van der Waals surface area contributed by atoms with Gasteiger partial charge >= 0.3 is 5.97 Å². The number of amides is 2. The fraction of sp³-hybridized carbons (Fsp3) is 0.471. The second-order valence-corrected chi connectivity index (χ2v) is 5.91. The third-order valence-corrected chi connectivity index (χ3v) is 4.33. The molecule has 1 aromatic carbocycles. The van der Waals surface area contributed by atoms with Gasteiger partial charge in [0.25, 0.3) is 0 Å². The Morgan fingerprint density at radius 3 is 2.79 bits per heavy atom. The predicted octanol–water partition coefficient (Wildman–Crippen LogP) is 1.27. The normalized spacial score (nSPS) is 20.5. The average Bonchev–Trinajstić information content (AvgIpc) is 2.54. The molecule has 0 aliphatic carbocycles. The summed E-state index contributed by atoms with van der Waals surface area (Å²) in [6.07, 6.45) is 1.43. The van der Waals surface area contributed by atoms with Crippen LogP contribution in [0.3, 0.4) is 0 Å². The van der Waals surface area contributed by atoms with E-state index in [-0.39, 0.29) is 25.0 Å². The van der Waals surface area contributed by atoms with Crippen molar-refractivity contribution < 1.29 is 24.2 Å². The van der Waals surface area contributed by atoms with Gasteiger partial charge < -0.3 is 20.5 Å². The average molecular weight is 334 g/mol. The van der Waals surface area contributed by atoms with Gasteiger partial charge in [-0.25, -0.2) is 0 Å². The Balaban J connectivity index is 1.88. The summed E-state index contributed by atoms with van der Waals surface area (Å²) in [7, 11) is 0. The van der Waals surface area contributed by atoms with Crippen LogP contribution >= 0.6 is 0 Å². The lowest BCUT2D eigenvalue weighted by atomic mass is 9.90. The first kappa shape index (κ1) is 17.8. The molecular formula is C17H22N2O5. The topological polar surface area (TPSA) is 110 Å². The minimum absolute atomic E-state index is 0.125. The zero-order valence-electron chi connectivity index (χ0n) is 13.6.